The van der Waals surface area contributed by atoms with Crippen LogP contribution in [0.25, 0.3) is 11.0 Å². The van der Waals surface area contributed by atoms with E-state index in [9.17, 15) is 24.0 Å². The summed E-state index contributed by atoms with van der Waals surface area (Å²) in [5, 5.41) is 6.24. The van der Waals surface area contributed by atoms with E-state index < -0.39 is 35.5 Å². The third kappa shape index (κ3) is 8.50. The summed E-state index contributed by atoms with van der Waals surface area (Å²) >= 11 is 0. The highest BCUT2D eigenvalue weighted by atomic mass is 16.5. The van der Waals surface area contributed by atoms with E-state index in [0.29, 0.717) is 30.6 Å². The molecule has 2 fully saturated rings. The zero-order valence-electron chi connectivity index (χ0n) is 26.6. The number of nitrogens with one attached hydrogen (secondary N) is 2. The molecule has 2 amide bonds. The van der Waals surface area contributed by atoms with Gasteiger partial charge in [-0.25, -0.2) is 0 Å². The summed E-state index contributed by atoms with van der Waals surface area (Å²) in [7, 11) is 1.53. The second-order valence-electron chi connectivity index (χ2n) is 12.8. The van der Waals surface area contributed by atoms with Crippen molar-refractivity contribution in [1.82, 2.24) is 10.6 Å². The van der Waals surface area contributed by atoms with Crippen LogP contribution in [0, 0.1) is 17.8 Å². The van der Waals surface area contributed by atoms with Crippen LogP contribution >= 0.6 is 0 Å². The van der Waals surface area contributed by atoms with Crippen LogP contribution in [-0.2, 0) is 25.7 Å². The molecule has 3 atom stereocenters. The molecule has 1 aromatic heterocycles. The summed E-state index contributed by atoms with van der Waals surface area (Å²) in [5.74, 6) is -2.52. The molecule has 0 bridgehead atoms. The van der Waals surface area contributed by atoms with Crippen molar-refractivity contribution in [1.29, 1.82) is 0 Å². The topological polar surface area (TPSA) is 132 Å². The molecule has 9 heteroatoms. The summed E-state index contributed by atoms with van der Waals surface area (Å²) in [6.07, 6.45) is 8.40. The number of hydrogen-bond acceptors (Lipinski definition) is 7. The Labute approximate surface area is 269 Å². The van der Waals surface area contributed by atoms with Gasteiger partial charge in [-0.05, 0) is 49.3 Å². The Bertz CT molecular complexity index is 1540. The maximum Gasteiger partial charge on any atom is 0.289 e. The van der Waals surface area contributed by atoms with Crippen molar-refractivity contribution < 1.29 is 33.1 Å². The number of ether oxygens (including phenoxy) is 1. The lowest BCUT2D eigenvalue weighted by molar-refractivity contribution is -0.141. The molecule has 0 spiro atoms. The van der Waals surface area contributed by atoms with Crippen molar-refractivity contribution in [2.24, 2.45) is 17.8 Å². The van der Waals surface area contributed by atoms with E-state index in [1.54, 1.807) is 12.1 Å². The van der Waals surface area contributed by atoms with E-state index in [-0.39, 0.29) is 42.6 Å². The molecule has 2 N–H and O–H groups in total. The third-order valence-electron chi connectivity index (χ3n) is 9.50. The predicted molar refractivity (Wildman–Crippen MR) is 173 cm³/mol. The summed E-state index contributed by atoms with van der Waals surface area (Å²) in [6.45, 7) is 0.162. The van der Waals surface area contributed by atoms with Gasteiger partial charge in [-0.15, -0.1) is 0 Å². The molecule has 0 radical (unpaired) electrons. The van der Waals surface area contributed by atoms with Gasteiger partial charge in [-0.3, -0.25) is 24.0 Å². The lowest BCUT2D eigenvalue weighted by Gasteiger charge is -2.29. The number of benzene rings is 2. The fraction of sp³-hybridized carbons (Fsp3) is 0.486. The molecule has 244 valence electrons. The normalized spacial score (nSPS) is 18.5. The van der Waals surface area contributed by atoms with E-state index in [4.69, 9.17) is 9.15 Å². The molecule has 2 aliphatic carbocycles. The zero-order chi connectivity index (χ0) is 32.5. The Morgan fingerprint density at radius 1 is 0.913 bits per heavy atom. The van der Waals surface area contributed by atoms with Gasteiger partial charge < -0.3 is 19.8 Å². The molecular formula is C37H44N2O7. The van der Waals surface area contributed by atoms with Crippen molar-refractivity contribution in [3.63, 3.8) is 0 Å². The molecular weight excluding hydrogens is 584 g/mol. The van der Waals surface area contributed by atoms with Crippen LogP contribution in [0.3, 0.4) is 0 Å². The number of Topliss-reactive ketones (excluding diaryl/α,β-unsaturated/α-hetero) is 3. The van der Waals surface area contributed by atoms with Crippen molar-refractivity contribution in [2.45, 2.75) is 89.6 Å². The Morgan fingerprint density at radius 3 is 2.41 bits per heavy atom. The Balaban J connectivity index is 1.34. The lowest BCUT2D eigenvalue weighted by atomic mass is 9.80. The molecule has 1 unspecified atom stereocenters. The maximum atomic E-state index is 14.0. The van der Waals surface area contributed by atoms with Gasteiger partial charge in [0.05, 0.1) is 13.2 Å². The van der Waals surface area contributed by atoms with Crippen molar-refractivity contribution in [3.8, 4) is 5.75 Å². The number of carbonyl (C=O) groups is 5. The van der Waals surface area contributed by atoms with Gasteiger partial charge in [0.15, 0.2) is 22.9 Å². The predicted octanol–water partition coefficient (Wildman–Crippen LogP) is 6.12. The first kappa shape index (κ1) is 33.1. The maximum absolute atomic E-state index is 14.0. The molecule has 1 heterocycles. The minimum atomic E-state index is -1.17. The number of carbonyl (C=O) groups excluding carboxylic acids is 5. The summed E-state index contributed by atoms with van der Waals surface area (Å²) in [5.41, 5.74) is 1.30. The molecule has 2 saturated carbocycles. The SMILES string of the molecule is COc1cccc2cc(C(=O)CC(CC3CCCCC3)C(=O)N[C@@H](C[C@@H]3CCCCC3=O)C(=O)C(=O)NCc3ccccc3)oc12. The Morgan fingerprint density at radius 2 is 1.67 bits per heavy atom. The minimum Gasteiger partial charge on any atom is -0.493 e. The molecule has 2 aliphatic rings. The van der Waals surface area contributed by atoms with Gasteiger partial charge >= 0.3 is 0 Å². The first-order valence-electron chi connectivity index (χ1n) is 16.6. The number of methoxy groups -OCH3 is 1. The van der Waals surface area contributed by atoms with E-state index in [1.807, 2.05) is 42.5 Å². The minimum absolute atomic E-state index is 0.0530. The van der Waals surface area contributed by atoms with Gasteiger partial charge in [0, 0.05) is 36.6 Å². The smallest absolute Gasteiger partial charge is 0.289 e. The highest BCUT2D eigenvalue weighted by Crippen LogP contribution is 2.33. The van der Waals surface area contributed by atoms with Crippen molar-refractivity contribution in [2.75, 3.05) is 7.11 Å². The fourth-order valence-electron chi connectivity index (χ4n) is 6.90. The summed E-state index contributed by atoms with van der Waals surface area (Å²) in [6, 6.07) is 15.1. The standard InChI is InChI=1S/C37H44N2O7/c1-45-32-18-10-16-27-22-33(46-35(27)32)31(41)21-28(19-24-11-4-2-5-12-24)36(43)39-29(20-26-15-8-9-17-30(26)40)34(42)37(44)38-23-25-13-6-3-7-14-25/h3,6-7,10,13-14,16,18,22,24,26,28-29H,2,4-5,8-9,11-12,15,17,19-21,23H2,1H3,(H,38,44)(H,39,43)/t26-,28?,29-/m0/s1. The summed E-state index contributed by atoms with van der Waals surface area (Å²) in [4.78, 5) is 67.0. The monoisotopic (exact) mass is 628 g/mol. The van der Waals surface area contributed by atoms with Crippen LogP contribution in [0.4, 0.5) is 0 Å². The van der Waals surface area contributed by atoms with Crippen molar-refractivity contribution in [3.05, 3.63) is 65.9 Å². The number of ketones is 3. The van der Waals surface area contributed by atoms with Crippen LogP contribution in [0.2, 0.25) is 0 Å². The van der Waals surface area contributed by atoms with E-state index in [2.05, 4.69) is 10.6 Å². The van der Waals surface area contributed by atoms with Crippen LogP contribution in [0.1, 0.15) is 93.2 Å². The van der Waals surface area contributed by atoms with E-state index in [1.165, 1.54) is 7.11 Å². The summed E-state index contributed by atoms with van der Waals surface area (Å²) < 4.78 is 11.3. The number of fused-ring (bicyclic) bond motifs is 1. The van der Waals surface area contributed by atoms with E-state index in [0.717, 1.165) is 55.9 Å². The van der Waals surface area contributed by atoms with E-state index >= 15 is 0 Å². The van der Waals surface area contributed by atoms with Gasteiger partial charge in [0.1, 0.15) is 5.78 Å². The largest absolute Gasteiger partial charge is 0.493 e. The number of amides is 2. The fourth-order valence-corrected chi connectivity index (χ4v) is 6.90. The molecule has 9 nitrogen and oxygen atoms in total. The Hall–Kier alpha value is -4.27. The zero-order valence-corrected chi connectivity index (χ0v) is 26.6. The van der Waals surface area contributed by atoms with Crippen molar-refractivity contribution >= 4 is 40.1 Å². The average Bonchev–Trinajstić information content (AvgIpc) is 3.53. The first-order valence-corrected chi connectivity index (χ1v) is 16.6. The third-order valence-corrected chi connectivity index (χ3v) is 9.50. The van der Waals surface area contributed by atoms with Gasteiger partial charge in [0.2, 0.25) is 11.7 Å². The van der Waals surface area contributed by atoms with Crippen LogP contribution in [0.5, 0.6) is 5.75 Å². The number of para-hydroxylation sites is 1. The second kappa shape index (κ2) is 15.8. The number of furan rings is 1. The van der Waals surface area contributed by atoms with Gasteiger partial charge in [-0.1, -0.05) is 81.0 Å². The quantitative estimate of drug-likeness (QED) is 0.162. The van der Waals surface area contributed by atoms with Crippen LogP contribution < -0.4 is 15.4 Å². The molecule has 46 heavy (non-hydrogen) atoms. The molecule has 5 rings (SSSR count). The van der Waals surface area contributed by atoms with Gasteiger partial charge in [-0.2, -0.15) is 0 Å². The highest BCUT2D eigenvalue weighted by Gasteiger charge is 2.36. The Kier molecular flexibility index (Phi) is 11.4. The van der Waals surface area contributed by atoms with Crippen LogP contribution in [-0.4, -0.2) is 42.3 Å². The molecule has 2 aromatic carbocycles. The molecule has 0 aliphatic heterocycles. The molecule has 0 saturated heterocycles. The first-order chi connectivity index (χ1) is 22.3. The average molecular weight is 629 g/mol. The van der Waals surface area contributed by atoms with Gasteiger partial charge in [0.25, 0.3) is 5.91 Å². The lowest BCUT2D eigenvalue weighted by Crippen LogP contribution is -2.50. The second-order valence-corrected chi connectivity index (χ2v) is 12.8. The molecule has 3 aromatic rings. The number of hydrogen-bond donors (Lipinski definition) is 2. The highest BCUT2D eigenvalue weighted by molar-refractivity contribution is 6.38. The number of rotatable bonds is 14. The van der Waals surface area contributed by atoms with Crippen LogP contribution in [0.15, 0.2) is 59.0 Å².